The molecule has 2 aliphatic carbocycles. The minimum atomic E-state index is -4.28. The number of rotatable bonds is 7. The van der Waals surface area contributed by atoms with Crippen molar-refractivity contribution in [3.8, 4) is 0 Å². The van der Waals surface area contributed by atoms with Gasteiger partial charge in [0.25, 0.3) is 15.9 Å². The van der Waals surface area contributed by atoms with Crippen LogP contribution in [0.4, 0.5) is 10.5 Å². The number of carbonyl (C=O) groups excluding carboxylic acids is 2. The molecule has 0 unspecified atom stereocenters. The molecule has 4 rings (SSSR count). The van der Waals surface area contributed by atoms with E-state index in [1.807, 2.05) is 4.72 Å². The molecule has 2 N–H and O–H groups in total. The average Bonchev–Trinajstić information content (AvgIpc) is 3.50. The van der Waals surface area contributed by atoms with Gasteiger partial charge in [-0.1, -0.05) is 6.07 Å². The van der Waals surface area contributed by atoms with Crippen LogP contribution in [0.25, 0.3) is 0 Å². The van der Waals surface area contributed by atoms with Crippen molar-refractivity contribution < 1.29 is 22.7 Å². The second-order valence-electron chi connectivity index (χ2n) is 8.50. The van der Waals surface area contributed by atoms with Gasteiger partial charge in [-0.2, -0.15) is 13.5 Å². The number of anilines is 1. The standard InChI is InChI=1S/C22H29N5O5S/c1-26(10-11-32-3)21(28)18-13-19(24-27(18)2)33(30,31)25-22(29)23-20-16-8-4-6-14(16)12-15-7-5-9-17(15)20/h12-13H,4-11H2,1-3H3,(H2,23,25,29). The molecule has 0 saturated carbocycles. The summed E-state index contributed by atoms with van der Waals surface area (Å²) < 4.78 is 33.9. The lowest BCUT2D eigenvalue weighted by Gasteiger charge is -2.16. The van der Waals surface area contributed by atoms with E-state index in [2.05, 4.69) is 16.5 Å². The molecule has 1 aromatic heterocycles. The number of fused-ring (bicyclic) bond motifs is 2. The van der Waals surface area contributed by atoms with E-state index in [4.69, 9.17) is 4.74 Å². The molecule has 0 fully saturated rings. The molecule has 2 aromatic rings. The maximum Gasteiger partial charge on any atom is 0.333 e. The van der Waals surface area contributed by atoms with Crippen LogP contribution in [-0.4, -0.2) is 62.3 Å². The number of amides is 3. The first-order chi connectivity index (χ1) is 15.7. The Morgan fingerprint density at radius 2 is 1.76 bits per heavy atom. The summed E-state index contributed by atoms with van der Waals surface area (Å²) in [5, 5.41) is 6.35. The Bertz CT molecular complexity index is 1170. The maximum atomic E-state index is 12.8. The highest BCUT2D eigenvalue weighted by atomic mass is 32.2. The highest BCUT2D eigenvalue weighted by Gasteiger charge is 2.28. The zero-order chi connectivity index (χ0) is 23.8. The molecule has 33 heavy (non-hydrogen) atoms. The van der Waals surface area contributed by atoms with E-state index in [1.54, 1.807) is 7.05 Å². The highest BCUT2D eigenvalue weighted by molar-refractivity contribution is 7.90. The summed E-state index contributed by atoms with van der Waals surface area (Å²) in [7, 11) is 0.322. The largest absolute Gasteiger partial charge is 0.383 e. The molecule has 0 bridgehead atoms. The van der Waals surface area contributed by atoms with E-state index in [-0.39, 0.29) is 5.69 Å². The van der Waals surface area contributed by atoms with Crippen LogP contribution in [0.5, 0.6) is 0 Å². The average molecular weight is 476 g/mol. The Balaban J connectivity index is 1.51. The molecule has 3 amide bonds. The molecule has 0 atom stereocenters. The van der Waals surface area contributed by atoms with E-state index in [9.17, 15) is 18.0 Å². The second kappa shape index (κ2) is 9.14. The number of ether oxygens (including phenoxy) is 1. The number of benzene rings is 1. The van der Waals surface area contributed by atoms with Gasteiger partial charge in [-0.3, -0.25) is 9.48 Å². The Morgan fingerprint density at radius 1 is 1.12 bits per heavy atom. The third-order valence-corrected chi connectivity index (χ3v) is 7.47. The van der Waals surface area contributed by atoms with Gasteiger partial charge in [-0.05, 0) is 60.8 Å². The minimum absolute atomic E-state index is 0.0908. The predicted molar refractivity (Wildman–Crippen MR) is 122 cm³/mol. The van der Waals surface area contributed by atoms with E-state index in [0.717, 1.165) is 55.3 Å². The van der Waals surface area contributed by atoms with Gasteiger partial charge in [-0.15, -0.1) is 0 Å². The topological polar surface area (TPSA) is 123 Å². The number of hydrogen-bond donors (Lipinski definition) is 2. The quantitative estimate of drug-likeness (QED) is 0.628. The fourth-order valence-corrected chi connectivity index (χ4v) is 5.47. The zero-order valence-electron chi connectivity index (χ0n) is 19.1. The monoisotopic (exact) mass is 475 g/mol. The van der Waals surface area contributed by atoms with Gasteiger partial charge in [0.05, 0.1) is 6.61 Å². The Morgan fingerprint density at radius 3 is 2.36 bits per heavy atom. The third-order valence-electron chi connectivity index (χ3n) is 6.27. The second-order valence-corrected chi connectivity index (χ2v) is 10.1. The van der Waals surface area contributed by atoms with Gasteiger partial charge in [0.15, 0.2) is 5.03 Å². The Kier molecular flexibility index (Phi) is 6.44. The Labute approximate surface area is 193 Å². The lowest BCUT2D eigenvalue weighted by Crippen LogP contribution is -2.35. The number of likely N-dealkylation sites (N-methyl/N-ethyl adjacent to an activating group) is 1. The summed E-state index contributed by atoms with van der Waals surface area (Å²) in [6.07, 6.45) is 5.73. The van der Waals surface area contributed by atoms with Gasteiger partial charge in [0.1, 0.15) is 5.69 Å². The number of urea groups is 1. The number of methoxy groups -OCH3 is 1. The van der Waals surface area contributed by atoms with Crippen LogP contribution in [0.1, 0.15) is 45.6 Å². The molecular formula is C22H29N5O5S. The third kappa shape index (κ3) is 4.60. The molecule has 0 radical (unpaired) electrons. The summed E-state index contributed by atoms with van der Waals surface area (Å²) >= 11 is 0. The van der Waals surface area contributed by atoms with Gasteiger partial charge in [-0.25, -0.2) is 9.52 Å². The lowest BCUT2D eigenvalue weighted by molar-refractivity contribution is 0.0733. The van der Waals surface area contributed by atoms with Gasteiger partial charge in [0.2, 0.25) is 0 Å². The van der Waals surface area contributed by atoms with Gasteiger partial charge >= 0.3 is 6.03 Å². The smallest absolute Gasteiger partial charge is 0.333 e. The molecule has 2 aliphatic rings. The SMILES string of the molecule is COCCN(C)C(=O)c1cc(S(=O)(=O)NC(=O)Nc2c3c(cc4c2CCC4)CCC3)nn1C. The van der Waals surface area contributed by atoms with Crippen molar-refractivity contribution >= 4 is 27.6 Å². The first-order valence-corrected chi connectivity index (χ1v) is 12.5. The molecule has 0 saturated heterocycles. The maximum absolute atomic E-state index is 12.8. The van der Waals surface area contributed by atoms with Crippen LogP contribution in [0.2, 0.25) is 0 Å². The molecule has 10 nitrogen and oxygen atoms in total. The molecule has 1 aromatic carbocycles. The van der Waals surface area contributed by atoms with Crippen molar-refractivity contribution in [1.82, 2.24) is 19.4 Å². The lowest BCUT2D eigenvalue weighted by atomic mass is 9.99. The Hall–Kier alpha value is -2.92. The molecule has 1 heterocycles. The summed E-state index contributed by atoms with van der Waals surface area (Å²) in [6.45, 7) is 0.689. The molecular weight excluding hydrogens is 446 g/mol. The number of hydrogen-bond acceptors (Lipinski definition) is 6. The summed E-state index contributed by atoms with van der Waals surface area (Å²) in [6, 6.07) is 2.57. The summed E-state index contributed by atoms with van der Waals surface area (Å²) in [5.41, 5.74) is 5.52. The summed E-state index contributed by atoms with van der Waals surface area (Å²) in [4.78, 5) is 26.7. The van der Waals surface area contributed by atoms with Crippen LogP contribution in [0, 0.1) is 0 Å². The first kappa shape index (κ1) is 23.2. The fourth-order valence-electron chi connectivity index (χ4n) is 4.58. The van der Waals surface area contributed by atoms with Gasteiger partial charge < -0.3 is 15.0 Å². The number of aryl methyl sites for hydroxylation is 3. The van der Waals surface area contributed by atoms with Crippen LogP contribution in [0.3, 0.4) is 0 Å². The van der Waals surface area contributed by atoms with Crippen molar-refractivity contribution in [3.05, 3.63) is 40.1 Å². The number of aromatic nitrogens is 2. The van der Waals surface area contributed by atoms with Crippen molar-refractivity contribution in [2.45, 2.75) is 43.6 Å². The van der Waals surface area contributed by atoms with Crippen LogP contribution < -0.4 is 10.0 Å². The predicted octanol–water partition coefficient (Wildman–Crippen LogP) is 1.63. The van der Waals surface area contributed by atoms with E-state index in [0.29, 0.717) is 13.2 Å². The number of sulfonamides is 1. The molecule has 178 valence electrons. The zero-order valence-corrected chi connectivity index (χ0v) is 19.9. The van der Waals surface area contributed by atoms with Crippen LogP contribution in [0.15, 0.2) is 17.2 Å². The van der Waals surface area contributed by atoms with Crippen molar-refractivity contribution in [1.29, 1.82) is 0 Å². The molecule has 11 heteroatoms. The molecule has 0 aliphatic heterocycles. The van der Waals surface area contributed by atoms with E-state index >= 15 is 0 Å². The van der Waals surface area contributed by atoms with Crippen molar-refractivity contribution in [2.24, 2.45) is 7.05 Å². The van der Waals surface area contributed by atoms with Crippen molar-refractivity contribution in [3.63, 3.8) is 0 Å². The number of carbonyl (C=O) groups is 2. The number of nitrogens with one attached hydrogen (secondary N) is 2. The minimum Gasteiger partial charge on any atom is -0.383 e. The van der Waals surface area contributed by atoms with Gasteiger partial charge in [0, 0.05) is 39.5 Å². The first-order valence-electron chi connectivity index (χ1n) is 11.0. The highest BCUT2D eigenvalue weighted by Crippen LogP contribution is 2.38. The summed E-state index contributed by atoms with van der Waals surface area (Å²) in [5.74, 6) is -0.400. The van der Waals surface area contributed by atoms with Crippen molar-refractivity contribution in [2.75, 3.05) is 32.6 Å². The molecule has 0 spiro atoms. The normalized spacial score (nSPS) is 14.6. The van der Waals surface area contributed by atoms with Crippen LogP contribution in [-0.2, 0) is 47.5 Å². The van der Waals surface area contributed by atoms with E-state index in [1.165, 1.54) is 40.9 Å². The number of nitrogens with zero attached hydrogens (tertiary/aromatic N) is 3. The van der Waals surface area contributed by atoms with E-state index < -0.39 is 27.0 Å². The van der Waals surface area contributed by atoms with Crippen LogP contribution >= 0.6 is 0 Å². The fraction of sp³-hybridized carbons (Fsp3) is 0.500.